The number of benzene rings is 1. The topological polar surface area (TPSA) is 49.8 Å². The number of nitrogens with zero attached hydrogens (tertiary/aromatic N) is 1. The molecule has 1 N–H and O–H groups in total. The maximum atomic E-state index is 11.9. The Morgan fingerprint density at radius 1 is 1.47 bits per heavy atom. The molecule has 1 heterocycles. The molecule has 0 bridgehead atoms. The number of β-amino-alcohol motifs (C(OH)–C–C–N with tert-alkyl or cyclic N) is 1. The Balaban J connectivity index is 1.47. The number of hydrogen-bond acceptors (Lipinski definition) is 3. The van der Waals surface area contributed by atoms with E-state index in [1.807, 2.05) is 24.3 Å². The third-order valence-corrected chi connectivity index (χ3v) is 4.27. The number of amides is 1. The van der Waals surface area contributed by atoms with Crippen molar-refractivity contribution in [1.82, 2.24) is 4.90 Å². The van der Waals surface area contributed by atoms with Gasteiger partial charge in [0.2, 0.25) is 0 Å². The Hall–Kier alpha value is -1.07. The highest BCUT2D eigenvalue weighted by atomic mass is 79.9. The highest BCUT2D eigenvalue weighted by Gasteiger charge is 2.53. The smallest absolute Gasteiger partial charge is 0.260 e. The molecule has 102 valence electrons. The quantitative estimate of drug-likeness (QED) is 0.918. The maximum absolute atomic E-state index is 11.9. The Bertz CT molecular complexity index is 495. The molecule has 0 atom stereocenters. The van der Waals surface area contributed by atoms with Gasteiger partial charge in [0.05, 0.1) is 13.1 Å². The van der Waals surface area contributed by atoms with E-state index in [9.17, 15) is 9.90 Å². The molecular formula is C14H16BrNO3. The first-order valence-electron chi connectivity index (χ1n) is 6.45. The highest BCUT2D eigenvalue weighted by Crippen LogP contribution is 2.44. The first-order chi connectivity index (χ1) is 9.07. The maximum Gasteiger partial charge on any atom is 0.260 e. The number of halogens is 1. The summed E-state index contributed by atoms with van der Waals surface area (Å²) in [7, 11) is 0. The second-order valence-electron chi connectivity index (χ2n) is 5.37. The molecule has 1 saturated heterocycles. The Kier molecular flexibility index (Phi) is 3.27. The van der Waals surface area contributed by atoms with Crippen LogP contribution in [0.15, 0.2) is 28.7 Å². The van der Waals surface area contributed by atoms with Gasteiger partial charge in [-0.25, -0.2) is 0 Å². The SMILES string of the molecule is O=C(COc1cccc(Br)c1)N1CC(O)(C2CC2)C1. The average molecular weight is 326 g/mol. The fourth-order valence-corrected chi connectivity index (χ4v) is 2.84. The van der Waals surface area contributed by atoms with Crippen LogP contribution >= 0.6 is 15.9 Å². The summed E-state index contributed by atoms with van der Waals surface area (Å²) in [5, 5.41) is 10.1. The largest absolute Gasteiger partial charge is 0.484 e. The minimum Gasteiger partial charge on any atom is -0.484 e. The number of likely N-dealkylation sites (tertiary alicyclic amines) is 1. The number of carbonyl (C=O) groups excluding carboxylic acids is 1. The number of rotatable bonds is 4. The van der Waals surface area contributed by atoms with Crippen molar-refractivity contribution in [3.8, 4) is 5.75 Å². The molecule has 2 fully saturated rings. The van der Waals surface area contributed by atoms with E-state index in [0.717, 1.165) is 17.3 Å². The summed E-state index contributed by atoms with van der Waals surface area (Å²) in [5.41, 5.74) is -0.620. The normalized spacial score (nSPS) is 20.8. The van der Waals surface area contributed by atoms with Crippen molar-refractivity contribution in [1.29, 1.82) is 0 Å². The zero-order valence-corrected chi connectivity index (χ0v) is 12.1. The fraction of sp³-hybridized carbons (Fsp3) is 0.500. The molecule has 1 saturated carbocycles. The van der Waals surface area contributed by atoms with Gasteiger partial charge >= 0.3 is 0 Å². The second-order valence-corrected chi connectivity index (χ2v) is 6.29. The molecule has 0 radical (unpaired) electrons. The van der Waals surface area contributed by atoms with Gasteiger partial charge in [-0.3, -0.25) is 4.79 Å². The lowest BCUT2D eigenvalue weighted by atomic mass is 9.89. The van der Waals surface area contributed by atoms with Crippen molar-refractivity contribution in [2.45, 2.75) is 18.4 Å². The van der Waals surface area contributed by atoms with Gasteiger partial charge in [-0.05, 0) is 37.0 Å². The third kappa shape index (κ3) is 2.77. The van der Waals surface area contributed by atoms with Gasteiger partial charge < -0.3 is 14.7 Å². The van der Waals surface area contributed by atoms with E-state index in [1.165, 1.54) is 0 Å². The Labute approximate surface area is 120 Å². The number of carbonyl (C=O) groups is 1. The average Bonchev–Trinajstić information content (AvgIpc) is 3.16. The van der Waals surface area contributed by atoms with Gasteiger partial charge in [-0.2, -0.15) is 0 Å². The van der Waals surface area contributed by atoms with Gasteiger partial charge in [0.1, 0.15) is 11.4 Å². The monoisotopic (exact) mass is 325 g/mol. The first kappa shape index (κ1) is 12.9. The number of ether oxygens (including phenoxy) is 1. The molecule has 19 heavy (non-hydrogen) atoms. The standard InChI is InChI=1S/C14H16BrNO3/c15-11-2-1-3-12(6-11)19-7-13(17)16-8-14(18,9-16)10-4-5-10/h1-3,6,10,18H,4-5,7-9H2. The molecule has 2 aliphatic rings. The van der Waals surface area contributed by atoms with Crippen LogP contribution < -0.4 is 4.74 Å². The van der Waals surface area contributed by atoms with Gasteiger partial charge in [0, 0.05) is 4.47 Å². The number of hydrogen-bond donors (Lipinski definition) is 1. The zero-order valence-electron chi connectivity index (χ0n) is 10.5. The van der Waals surface area contributed by atoms with Crippen molar-refractivity contribution >= 4 is 21.8 Å². The molecule has 1 aliphatic heterocycles. The van der Waals surface area contributed by atoms with E-state index in [1.54, 1.807) is 4.90 Å². The van der Waals surface area contributed by atoms with E-state index in [0.29, 0.717) is 24.8 Å². The Morgan fingerprint density at radius 3 is 2.84 bits per heavy atom. The van der Waals surface area contributed by atoms with Crippen LogP contribution in [0.25, 0.3) is 0 Å². The molecule has 1 aromatic carbocycles. The molecule has 5 heteroatoms. The third-order valence-electron chi connectivity index (χ3n) is 3.78. The summed E-state index contributed by atoms with van der Waals surface area (Å²) in [6, 6.07) is 7.40. The summed E-state index contributed by atoms with van der Waals surface area (Å²) in [5.74, 6) is 1.01. The first-order valence-corrected chi connectivity index (χ1v) is 7.25. The lowest BCUT2D eigenvalue weighted by Crippen LogP contribution is -2.65. The molecular weight excluding hydrogens is 310 g/mol. The lowest BCUT2D eigenvalue weighted by molar-refractivity contribution is -0.161. The summed E-state index contributed by atoms with van der Waals surface area (Å²) in [4.78, 5) is 13.6. The summed E-state index contributed by atoms with van der Waals surface area (Å²) < 4.78 is 6.37. The van der Waals surface area contributed by atoms with Crippen molar-refractivity contribution < 1.29 is 14.6 Å². The highest BCUT2D eigenvalue weighted by molar-refractivity contribution is 9.10. The summed E-state index contributed by atoms with van der Waals surface area (Å²) in [6.07, 6.45) is 2.18. The predicted octanol–water partition coefficient (Wildman–Crippen LogP) is 1.81. The molecule has 1 amide bonds. The van der Waals surface area contributed by atoms with Gasteiger partial charge in [0.25, 0.3) is 5.91 Å². The minimum absolute atomic E-state index is 0.0250. The van der Waals surface area contributed by atoms with Gasteiger partial charge in [0.15, 0.2) is 6.61 Å². The van der Waals surface area contributed by atoms with Crippen LogP contribution in [0.1, 0.15) is 12.8 Å². The van der Waals surface area contributed by atoms with E-state index in [2.05, 4.69) is 15.9 Å². The van der Waals surface area contributed by atoms with Crippen LogP contribution in [0.5, 0.6) is 5.75 Å². The Morgan fingerprint density at radius 2 is 2.21 bits per heavy atom. The number of aliphatic hydroxyl groups is 1. The fourth-order valence-electron chi connectivity index (χ4n) is 2.46. The van der Waals surface area contributed by atoms with E-state index in [4.69, 9.17) is 4.74 Å². The summed E-state index contributed by atoms with van der Waals surface area (Å²) >= 11 is 3.35. The molecule has 1 aliphatic carbocycles. The molecule has 4 nitrogen and oxygen atoms in total. The van der Waals surface area contributed by atoms with Gasteiger partial charge in [-0.1, -0.05) is 22.0 Å². The zero-order chi connectivity index (χ0) is 13.5. The van der Waals surface area contributed by atoms with Gasteiger partial charge in [-0.15, -0.1) is 0 Å². The molecule has 1 aromatic rings. The molecule has 0 unspecified atom stereocenters. The summed E-state index contributed by atoms with van der Waals surface area (Å²) in [6.45, 7) is 0.938. The van der Waals surface area contributed by atoms with Crippen LogP contribution in [0.2, 0.25) is 0 Å². The van der Waals surface area contributed by atoms with Crippen molar-refractivity contribution in [3.05, 3.63) is 28.7 Å². The van der Waals surface area contributed by atoms with E-state index >= 15 is 0 Å². The van der Waals surface area contributed by atoms with Crippen LogP contribution in [0, 0.1) is 5.92 Å². The molecule has 0 spiro atoms. The van der Waals surface area contributed by atoms with E-state index < -0.39 is 5.60 Å². The van der Waals surface area contributed by atoms with Crippen LogP contribution in [0.3, 0.4) is 0 Å². The second kappa shape index (κ2) is 4.80. The van der Waals surface area contributed by atoms with E-state index in [-0.39, 0.29) is 12.5 Å². The lowest BCUT2D eigenvalue weighted by Gasteiger charge is -2.46. The molecule has 0 aromatic heterocycles. The van der Waals surface area contributed by atoms with Crippen molar-refractivity contribution in [3.63, 3.8) is 0 Å². The van der Waals surface area contributed by atoms with Crippen molar-refractivity contribution in [2.24, 2.45) is 5.92 Å². The predicted molar refractivity (Wildman–Crippen MR) is 73.9 cm³/mol. The molecule has 3 rings (SSSR count). The van der Waals surface area contributed by atoms with Crippen LogP contribution in [-0.4, -0.2) is 41.2 Å². The van der Waals surface area contributed by atoms with Crippen LogP contribution in [-0.2, 0) is 4.79 Å². The minimum atomic E-state index is -0.620. The van der Waals surface area contributed by atoms with Crippen LogP contribution in [0.4, 0.5) is 0 Å². The van der Waals surface area contributed by atoms with Crippen molar-refractivity contribution in [2.75, 3.05) is 19.7 Å².